The second-order valence-electron chi connectivity index (χ2n) is 7.10. The minimum Gasteiger partial charge on any atom is -0.354 e. The van der Waals surface area contributed by atoms with Gasteiger partial charge < -0.3 is 9.88 Å². The monoisotopic (exact) mass is 399 g/mol. The Morgan fingerprint density at radius 3 is 2.86 bits per heavy atom. The minimum absolute atomic E-state index is 0.0577. The highest BCUT2D eigenvalue weighted by Gasteiger charge is 2.23. The van der Waals surface area contributed by atoms with E-state index in [4.69, 9.17) is 0 Å². The quantitative estimate of drug-likeness (QED) is 0.462. The number of aryl methyl sites for hydroxylation is 1. The third kappa shape index (κ3) is 4.04. The van der Waals surface area contributed by atoms with Crippen LogP contribution in [0.2, 0.25) is 0 Å². The maximum absolute atomic E-state index is 12.3. The number of benzene rings is 1. The number of aromatic nitrogens is 6. The lowest BCUT2D eigenvalue weighted by molar-refractivity contribution is -0.121. The van der Waals surface area contributed by atoms with Crippen LogP contribution in [0.15, 0.2) is 29.4 Å². The average Bonchev–Trinajstić information content (AvgIpc) is 3.45. The van der Waals surface area contributed by atoms with Gasteiger partial charge in [0.25, 0.3) is 0 Å². The van der Waals surface area contributed by atoms with Gasteiger partial charge in [0.1, 0.15) is 17.9 Å². The van der Waals surface area contributed by atoms with Crippen LogP contribution in [-0.4, -0.2) is 48.5 Å². The molecule has 3 aromatic rings. The van der Waals surface area contributed by atoms with Gasteiger partial charge in [-0.05, 0) is 37.7 Å². The number of nitrogens with one attached hydrogen (secondary N) is 1. The van der Waals surface area contributed by atoms with Crippen molar-refractivity contribution in [1.82, 2.24) is 35.1 Å². The molecule has 9 heteroatoms. The van der Waals surface area contributed by atoms with Crippen molar-refractivity contribution in [3.63, 3.8) is 0 Å². The smallest absolute Gasteiger partial charge is 0.241 e. The largest absolute Gasteiger partial charge is 0.354 e. The molecule has 1 aromatic carbocycles. The van der Waals surface area contributed by atoms with Gasteiger partial charge in [-0.2, -0.15) is 0 Å². The summed E-state index contributed by atoms with van der Waals surface area (Å²) in [4.78, 5) is 12.3. The SMILES string of the molecule is CSc1nnc(CCCNC(=O)Cn2nnc3ccccc32)n1C1CCCC1. The molecule has 0 radical (unpaired) electrons. The third-order valence-electron chi connectivity index (χ3n) is 5.22. The van der Waals surface area contributed by atoms with Crippen LogP contribution >= 0.6 is 11.8 Å². The fourth-order valence-electron chi connectivity index (χ4n) is 3.85. The molecular formula is C19H25N7OS. The molecule has 0 atom stereocenters. The van der Waals surface area contributed by atoms with Crippen LogP contribution in [0.3, 0.4) is 0 Å². The van der Waals surface area contributed by atoms with E-state index in [1.807, 2.05) is 30.5 Å². The van der Waals surface area contributed by atoms with Crippen molar-refractivity contribution < 1.29 is 4.79 Å². The van der Waals surface area contributed by atoms with E-state index in [-0.39, 0.29) is 12.5 Å². The molecule has 148 valence electrons. The van der Waals surface area contributed by atoms with Gasteiger partial charge in [0.15, 0.2) is 5.16 Å². The number of hydrogen-bond donors (Lipinski definition) is 1. The Hall–Kier alpha value is -2.42. The Kier molecular flexibility index (Phi) is 5.90. The molecule has 1 aliphatic rings. The first-order chi connectivity index (χ1) is 13.8. The van der Waals surface area contributed by atoms with Crippen molar-refractivity contribution in [2.24, 2.45) is 0 Å². The minimum atomic E-state index is -0.0577. The number of fused-ring (bicyclic) bond motifs is 1. The van der Waals surface area contributed by atoms with Gasteiger partial charge in [0.2, 0.25) is 5.91 Å². The zero-order valence-corrected chi connectivity index (χ0v) is 16.9. The number of rotatable bonds is 8. The first-order valence-electron chi connectivity index (χ1n) is 9.79. The van der Waals surface area contributed by atoms with Crippen LogP contribution in [-0.2, 0) is 17.8 Å². The highest BCUT2D eigenvalue weighted by Crippen LogP contribution is 2.33. The number of carbonyl (C=O) groups is 1. The summed E-state index contributed by atoms with van der Waals surface area (Å²) < 4.78 is 3.95. The Morgan fingerprint density at radius 2 is 2.04 bits per heavy atom. The first kappa shape index (κ1) is 18.9. The van der Waals surface area contributed by atoms with E-state index in [2.05, 4.69) is 30.4 Å². The van der Waals surface area contributed by atoms with Crippen LogP contribution in [0.25, 0.3) is 11.0 Å². The van der Waals surface area contributed by atoms with Gasteiger partial charge in [-0.3, -0.25) is 4.79 Å². The fraction of sp³-hybridized carbons (Fsp3) is 0.526. The molecule has 0 saturated heterocycles. The Labute approximate surface area is 168 Å². The van der Waals surface area contributed by atoms with Gasteiger partial charge in [-0.25, -0.2) is 4.68 Å². The molecule has 2 heterocycles. The molecule has 1 amide bonds. The Bertz CT molecular complexity index is 945. The number of nitrogens with zero attached hydrogens (tertiary/aromatic N) is 6. The molecule has 28 heavy (non-hydrogen) atoms. The fourth-order valence-corrected chi connectivity index (χ4v) is 4.42. The van der Waals surface area contributed by atoms with E-state index < -0.39 is 0 Å². The van der Waals surface area contributed by atoms with Crippen molar-refractivity contribution in [3.05, 3.63) is 30.1 Å². The molecule has 2 aromatic heterocycles. The maximum Gasteiger partial charge on any atom is 0.241 e. The van der Waals surface area contributed by atoms with E-state index >= 15 is 0 Å². The van der Waals surface area contributed by atoms with E-state index in [9.17, 15) is 4.79 Å². The summed E-state index contributed by atoms with van der Waals surface area (Å²) in [7, 11) is 0. The van der Waals surface area contributed by atoms with Crippen molar-refractivity contribution in [1.29, 1.82) is 0 Å². The normalized spacial score (nSPS) is 14.8. The van der Waals surface area contributed by atoms with Gasteiger partial charge in [0.05, 0.1) is 5.52 Å². The van der Waals surface area contributed by atoms with Crippen LogP contribution in [0.1, 0.15) is 44.0 Å². The summed E-state index contributed by atoms with van der Waals surface area (Å²) in [5.74, 6) is 0.977. The molecule has 1 aliphatic carbocycles. The predicted molar refractivity (Wildman–Crippen MR) is 108 cm³/mol. The molecular weight excluding hydrogens is 374 g/mol. The zero-order chi connectivity index (χ0) is 19.3. The lowest BCUT2D eigenvalue weighted by Gasteiger charge is -2.16. The third-order valence-corrected chi connectivity index (χ3v) is 5.86. The highest BCUT2D eigenvalue weighted by atomic mass is 32.2. The van der Waals surface area contributed by atoms with Gasteiger partial charge in [-0.1, -0.05) is 41.9 Å². The summed E-state index contributed by atoms with van der Waals surface area (Å²) >= 11 is 1.65. The lowest BCUT2D eigenvalue weighted by Crippen LogP contribution is -2.29. The van der Waals surface area contributed by atoms with Crippen molar-refractivity contribution in [2.45, 2.75) is 56.3 Å². The van der Waals surface area contributed by atoms with E-state index in [1.54, 1.807) is 16.4 Å². The topological polar surface area (TPSA) is 90.5 Å². The molecule has 0 spiro atoms. The molecule has 0 unspecified atom stereocenters. The second kappa shape index (κ2) is 8.72. The summed E-state index contributed by atoms with van der Waals surface area (Å²) in [6, 6.07) is 8.17. The van der Waals surface area contributed by atoms with Crippen LogP contribution in [0.4, 0.5) is 0 Å². The van der Waals surface area contributed by atoms with Crippen LogP contribution < -0.4 is 5.32 Å². The van der Waals surface area contributed by atoms with Crippen molar-refractivity contribution in [2.75, 3.05) is 12.8 Å². The Balaban J connectivity index is 1.29. The average molecular weight is 400 g/mol. The molecule has 4 rings (SSSR count). The zero-order valence-electron chi connectivity index (χ0n) is 16.0. The van der Waals surface area contributed by atoms with E-state index in [0.29, 0.717) is 12.6 Å². The number of carbonyl (C=O) groups excluding carboxylic acids is 1. The predicted octanol–water partition coefficient (Wildman–Crippen LogP) is 2.61. The molecule has 0 aliphatic heterocycles. The lowest BCUT2D eigenvalue weighted by atomic mass is 10.2. The summed E-state index contributed by atoms with van der Waals surface area (Å²) in [5, 5.41) is 20.9. The number of thioether (sulfide) groups is 1. The van der Waals surface area contributed by atoms with Crippen LogP contribution in [0, 0.1) is 0 Å². The molecule has 1 fully saturated rings. The van der Waals surface area contributed by atoms with Crippen LogP contribution in [0.5, 0.6) is 0 Å². The maximum atomic E-state index is 12.3. The summed E-state index contributed by atoms with van der Waals surface area (Å²) in [6.45, 7) is 0.785. The Morgan fingerprint density at radius 1 is 1.21 bits per heavy atom. The van der Waals surface area contributed by atoms with Gasteiger partial charge in [-0.15, -0.1) is 15.3 Å². The highest BCUT2D eigenvalue weighted by molar-refractivity contribution is 7.98. The molecule has 8 nitrogen and oxygen atoms in total. The molecule has 1 saturated carbocycles. The second-order valence-corrected chi connectivity index (χ2v) is 7.87. The standard InChI is InChI=1S/C19H25N7OS/c1-28-19-23-22-17(26(19)14-7-2-3-8-14)11-6-12-20-18(27)13-25-16-10-5-4-9-15(16)21-24-25/h4-5,9-10,14H,2-3,6-8,11-13H2,1H3,(H,20,27). The number of amides is 1. The van der Waals surface area contributed by atoms with Crippen molar-refractivity contribution in [3.8, 4) is 0 Å². The molecule has 1 N–H and O–H groups in total. The van der Waals surface area contributed by atoms with Gasteiger partial charge in [0, 0.05) is 19.0 Å². The number of para-hydroxylation sites is 1. The van der Waals surface area contributed by atoms with Crippen molar-refractivity contribution >= 4 is 28.7 Å². The number of hydrogen-bond acceptors (Lipinski definition) is 6. The first-order valence-corrected chi connectivity index (χ1v) is 11.0. The van der Waals surface area contributed by atoms with E-state index in [0.717, 1.165) is 34.9 Å². The summed E-state index contributed by atoms with van der Waals surface area (Å²) in [5.41, 5.74) is 1.66. The summed E-state index contributed by atoms with van der Waals surface area (Å²) in [6.07, 6.45) is 8.68. The molecule has 0 bridgehead atoms. The van der Waals surface area contributed by atoms with Gasteiger partial charge >= 0.3 is 0 Å². The van der Waals surface area contributed by atoms with E-state index in [1.165, 1.54) is 25.7 Å².